The minimum absolute atomic E-state index is 0.00135. The normalized spacial score (nSPS) is 22.6. The highest BCUT2D eigenvalue weighted by molar-refractivity contribution is 7.83. The number of aliphatic hydroxyl groups is 1. The Hall–Kier alpha value is -1.15. The van der Waals surface area contributed by atoms with Gasteiger partial charge < -0.3 is 9.84 Å². The third-order valence-corrected chi connectivity index (χ3v) is 3.47. The van der Waals surface area contributed by atoms with Crippen LogP contribution in [0.5, 0.6) is 5.75 Å². The van der Waals surface area contributed by atoms with E-state index < -0.39 is 16.6 Å². The fourth-order valence-corrected chi connectivity index (χ4v) is 2.42. The van der Waals surface area contributed by atoms with Gasteiger partial charge >= 0.3 is 10.3 Å². The lowest BCUT2D eigenvalue weighted by Crippen LogP contribution is -2.21. The lowest BCUT2D eigenvalue weighted by atomic mass is 9.96. The van der Waals surface area contributed by atoms with Crippen LogP contribution in [0.1, 0.15) is 30.4 Å². The summed E-state index contributed by atoms with van der Waals surface area (Å²) < 4.78 is 37.1. The van der Waals surface area contributed by atoms with Gasteiger partial charge in [-0.3, -0.25) is 4.55 Å². The van der Waals surface area contributed by atoms with E-state index in [-0.39, 0.29) is 12.5 Å². The van der Waals surface area contributed by atoms with Crippen LogP contribution in [0.25, 0.3) is 0 Å². The molecule has 2 atom stereocenters. The Labute approximate surface area is 105 Å². The molecule has 0 radical (unpaired) electrons. The van der Waals surface area contributed by atoms with E-state index in [1.807, 2.05) is 11.6 Å². The summed E-state index contributed by atoms with van der Waals surface area (Å²) in [7, 11) is -4.20. The second-order valence-corrected chi connectivity index (χ2v) is 5.43. The number of nitrogens with one attached hydrogen (secondary N) is 1. The van der Waals surface area contributed by atoms with E-state index in [1.165, 1.54) is 0 Å². The van der Waals surface area contributed by atoms with Crippen molar-refractivity contribution < 1.29 is 22.8 Å². The van der Waals surface area contributed by atoms with Gasteiger partial charge in [0, 0.05) is 18.0 Å². The van der Waals surface area contributed by atoms with E-state index in [0.717, 1.165) is 12.0 Å². The monoisotopic (exact) mass is 273 g/mol. The molecule has 0 amide bonds. The van der Waals surface area contributed by atoms with Crippen molar-refractivity contribution in [2.75, 3.05) is 0 Å². The molecule has 1 aromatic carbocycles. The first kappa shape index (κ1) is 13.3. The van der Waals surface area contributed by atoms with Gasteiger partial charge in [0.2, 0.25) is 6.29 Å². The maximum Gasteiger partial charge on any atom is 0.333 e. The maximum atomic E-state index is 10.6. The lowest BCUT2D eigenvalue weighted by molar-refractivity contribution is -0.0188. The van der Waals surface area contributed by atoms with Gasteiger partial charge in [-0.15, -0.1) is 0 Å². The first-order chi connectivity index (χ1) is 8.40. The van der Waals surface area contributed by atoms with E-state index in [4.69, 9.17) is 9.29 Å². The summed E-state index contributed by atoms with van der Waals surface area (Å²) in [4.78, 5) is 0. The SMILES string of the molecule is CCC1c2cc(CNS(=O)(=O)O)ccc2OC1O. The van der Waals surface area contributed by atoms with Crippen LogP contribution in [-0.2, 0) is 16.8 Å². The van der Waals surface area contributed by atoms with Crippen LogP contribution in [0, 0.1) is 0 Å². The highest BCUT2D eigenvalue weighted by atomic mass is 32.2. The molecule has 2 unspecified atom stereocenters. The van der Waals surface area contributed by atoms with Crippen LogP contribution in [0.4, 0.5) is 0 Å². The Morgan fingerprint density at radius 1 is 1.44 bits per heavy atom. The van der Waals surface area contributed by atoms with Gasteiger partial charge in [0.05, 0.1) is 0 Å². The van der Waals surface area contributed by atoms with Crippen LogP contribution in [0.15, 0.2) is 18.2 Å². The summed E-state index contributed by atoms with van der Waals surface area (Å²) in [6, 6.07) is 5.15. The topological polar surface area (TPSA) is 95.9 Å². The van der Waals surface area contributed by atoms with E-state index in [0.29, 0.717) is 11.3 Å². The molecule has 100 valence electrons. The molecule has 2 rings (SSSR count). The first-order valence-electron chi connectivity index (χ1n) is 5.60. The molecule has 1 heterocycles. The van der Waals surface area contributed by atoms with Crippen LogP contribution in [-0.4, -0.2) is 24.4 Å². The van der Waals surface area contributed by atoms with Crippen molar-refractivity contribution in [2.24, 2.45) is 0 Å². The predicted octanol–water partition coefficient (Wildman–Crippen LogP) is 0.783. The Bertz CT molecular complexity index is 542. The first-order valence-corrected chi connectivity index (χ1v) is 7.04. The number of fused-ring (bicyclic) bond motifs is 1. The number of hydrogen-bond donors (Lipinski definition) is 3. The number of aliphatic hydroxyl groups excluding tert-OH is 1. The standard InChI is InChI=1S/C11H15NO5S/c1-2-8-9-5-7(6-12-18(14,15)16)3-4-10(9)17-11(8)13/h3-5,8,11-13H,2,6H2,1H3,(H,14,15,16). The molecule has 0 saturated carbocycles. The Kier molecular flexibility index (Phi) is 3.58. The van der Waals surface area contributed by atoms with Gasteiger partial charge in [0.1, 0.15) is 5.75 Å². The van der Waals surface area contributed by atoms with Crippen molar-refractivity contribution in [3.63, 3.8) is 0 Å². The molecule has 6 nitrogen and oxygen atoms in total. The number of rotatable bonds is 4. The minimum Gasteiger partial charge on any atom is -0.464 e. The van der Waals surface area contributed by atoms with Gasteiger partial charge in [-0.1, -0.05) is 19.1 Å². The molecular weight excluding hydrogens is 258 g/mol. The quantitative estimate of drug-likeness (QED) is 0.705. The molecule has 1 aromatic rings. The number of benzene rings is 1. The Morgan fingerprint density at radius 2 is 2.17 bits per heavy atom. The van der Waals surface area contributed by atoms with Crippen molar-refractivity contribution in [1.82, 2.24) is 4.72 Å². The summed E-state index contributed by atoms with van der Waals surface area (Å²) in [6.07, 6.45) is -0.127. The van der Waals surface area contributed by atoms with Crippen molar-refractivity contribution in [3.05, 3.63) is 29.3 Å². The number of hydrogen-bond acceptors (Lipinski definition) is 4. The predicted molar refractivity (Wildman–Crippen MR) is 64.5 cm³/mol. The summed E-state index contributed by atoms with van der Waals surface area (Å²) in [5.74, 6) is 0.510. The zero-order valence-corrected chi connectivity index (χ0v) is 10.6. The zero-order chi connectivity index (χ0) is 13.3. The van der Waals surface area contributed by atoms with Gasteiger partial charge in [-0.2, -0.15) is 13.1 Å². The largest absolute Gasteiger partial charge is 0.464 e. The second kappa shape index (κ2) is 4.85. The highest BCUT2D eigenvalue weighted by Gasteiger charge is 2.31. The van der Waals surface area contributed by atoms with Gasteiger partial charge in [-0.05, 0) is 18.1 Å². The lowest BCUT2D eigenvalue weighted by Gasteiger charge is -2.10. The molecular formula is C11H15NO5S. The molecule has 0 bridgehead atoms. The summed E-state index contributed by atoms with van der Waals surface area (Å²) >= 11 is 0. The van der Waals surface area contributed by atoms with E-state index in [9.17, 15) is 13.5 Å². The van der Waals surface area contributed by atoms with Crippen molar-refractivity contribution in [1.29, 1.82) is 0 Å². The summed E-state index contributed by atoms with van der Waals surface area (Å²) in [5, 5.41) is 9.69. The van der Waals surface area contributed by atoms with Gasteiger partial charge in [-0.25, -0.2) is 0 Å². The molecule has 0 fully saturated rings. The van der Waals surface area contributed by atoms with E-state index >= 15 is 0 Å². The molecule has 0 spiro atoms. The highest BCUT2D eigenvalue weighted by Crippen LogP contribution is 2.39. The summed E-state index contributed by atoms with van der Waals surface area (Å²) in [5.41, 5.74) is 1.56. The molecule has 3 N–H and O–H groups in total. The average molecular weight is 273 g/mol. The average Bonchev–Trinajstić information content (AvgIpc) is 2.60. The molecule has 0 saturated heterocycles. The smallest absolute Gasteiger partial charge is 0.333 e. The van der Waals surface area contributed by atoms with Gasteiger partial charge in [0.25, 0.3) is 0 Å². The molecule has 1 aliphatic heterocycles. The number of ether oxygens (including phenoxy) is 1. The zero-order valence-electron chi connectivity index (χ0n) is 9.83. The van der Waals surface area contributed by atoms with Crippen molar-refractivity contribution in [2.45, 2.75) is 32.1 Å². The van der Waals surface area contributed by atoms with Crippen LogP contribution in [0.2, 0.25) is 0 Å². The third kappa shape index (κ3) is 2.81. The minimum atomic E-state index is -4.20. The molecule has 18 heavy (non-hydrogen) atoms. The maximum absolute atomic E-state index is 10.6. The van der Waals surface area contributed by atoms with Crippen LogP contribution >= 0.6 is 0 Å². The summed E-state index contributed by atoms with van der Waals surface area (Å²) in [6.45, 7) is 1.94. The van der Waals surface area contributed by atoms with E-state index in [2.05, 4.69) is 0 Å². The Balaban J connectivity index is 2.20. The third-order valence-electron chi connectivity index (χ3n) is 2.96. The molecule has 0 aromatic heterocycles. The van der Waals surface area contributed by atoms with Crippen molar-refractivity contribution in [3.8, 4) is 5.75 Å². The van der Waals surface area contributed by atoms with E-state index in [1.54, 1.807) is 18.2 Å². The van der Waals surface area contributed by atoms with Crippen molar-refractivity contribution >= 4 is 10.3 Å². The second-order valence-electron chi connectivity index (χ2n) is 4.19. The van der Waals surface area contributed by atoms with Gasteiger partial charge in [0.15, 0.2) is 0 Å². The Morgan fingerprint density at radius 3 is 2.78 bits per heavy atom. The molecule has 1 aliphatic rings. The fraction of sp³-hybridized carbons (Fsp3) is 0.455. The fourth-order valence-electron chi connectivity index (χ4n) is 2.07. The van der Waals surface area contributed by atoms with Crippen LogP contribution in [0.3, 0.4) is 0 Å². The molecule has 0 aliphatic carbocycles. The molecule has 7 heteroatoms. The van der Waals surface area contributed by atoms with Crippen LogP contribution < -0.4 is 9.46 Å².